The second-order valence-corrected chi connectivity index (χ2v) is 6.77. The average molecular weight is 348 g/mol. The predicted octanol–water partition coefficient (Wildman–Crippen LogP) is 2.11. The van der Waals surface area contributed by atoms with Gasteiger partial charge in [0.25, 0.3) is 0 Å². The Morgan fingerprint density at radius 1 is 1.52 bits per heavy atom. The maximum absolute atomic E-state index is 11.9. The summed E-state index contributed by atoms with van der Waals surface area (Å²) >= 11 is 13.8. The molecular weight excluding hydrogens is 329 g/mol. The lowest BCUT2D eigenvalue weighted by atomic mass is 10.2. The van der Waals surface area contributed by atoms with Crippen LogP contribution in [0.15, 0.2) is 23.1 Å². The van der Waals surface area contributed by atoms with Crippen molar-refractivity contribution in [3.05, 3.63) is 28.2 Å². The SMILES string of the molecule is CNC(=O)C1CNCCN1CCSc1cc(Cl)ccc1Cl. The van der Waals surface area contributed by atoms with Crippen LogP contribution in [0.4, 0.5) is 0 Å². The lowest BCUT2D eigenvalue weighted by Crippen LogP contribution is -2.57. The highest BCUT2D eigenvalue weighted by Gasteiger charge is 2.27. The first-order chi connectivity index (χ1) is 10.1. The van der Waals surface area contributed by atoms with Crippen molar-refractivity contribution < 1.29 is 4.79 Å². The summed E-state index contributed by atoms with van der Waals surface area (Å²) in [6.07, 6.45) is 0. The van der Waals surface area contributed by atoms with Crippen molar-refractivity contribution >= 4 is 40.9 Å². The van der Waals surface area contributed by atoms with Crippen LogP contribution in [-0.4, -0.2) is 55.8 Å². The first-order valence-corrected chi connectivity index (χ1v) is 8.60. The standard InChI is InChI=1S/C14H19Cl2N3OS/c1-17-14(20)12-9-18-4-5-19(12)6-7-21-13-8-10(15)2-3-11(13)16/h2-3,8,12,18H,4-7,9H2,1H3,(H,17,20). The number of halogens is 2. The van der Waals surface area contributed by atoms with Crippen LogP contribution < -0.4 is 10.6 Å². The summed E-state index contributed by atoms with van der Waals surface area (Å²) in [6.45, 7) is 3.33. The monoisotopic (exact) mass is 347 g/mol. The van der Waals surface area contributed by atoms with Crippen LogP contribution in [-0.2, 0) is 4.79 Å². The number of nitrogens with one attached hydrogen (secondary N) is 2. The number of nitrogens with zero attached hydrogens (tertiary/aromatic N) is 1. The minimum atomic E-state index is -0.0980. The van der Waals surface area contributed by atoms with Crippen LogP contribution in [0.1, 0.15) is 0 Å². The molecule has 21 heavy (non-hydrogen) atoms. The number of carbonyl (C=O) groups excluding carboxylic acids is 1. The van der Waals surface area contributed by atoms with Crippen LogP contribution in [0.2, 0.25) is 10.0 Å². The molecule has 1 aromatic carbocycles. The van der Waals surface area contributed by atoms with Gasteiger partial charge in [0.1, 0.15) is 6.04 Å². The fourth-order valence-electron chi connectivity index (χ4n) is 2.30. The quantitative estimate of drug-likeness (QED) is 0.800. The molecule has 1 atom stereocenters. The van der Waals surface area contributed by atoms with Crippen molar-refractivity contribution in [1.29, 1.82) is 0 Å². The molecule has 1 aliphatic heterocycles. The van der Waals surface area contributed by atoms with E-state index in [9.17, 15) is 4.79 Å². The maximum Gasteiger partial charge on any atom is 0.238 e. The van der Waals surface area contributed by atoms with Crippen molar-refractivity contribution in [1.82, 2.24) is 15.5 Å². The highest BCUT2D eigenvalue weighted by Crippen LogP contribution is 2.29. The number of piperazine rings is 1. The zero-order valence-electron chi connectivity index (χ0n) is 11.9. The zero-order valence-corrected chi connectivity index (χ0v) is 14.2. The first-order valence-electron chi connectivity index (χ1n) is 6.86. The number of hydrogen-bond acceptors (Lipinski definition) is 4. The molecule has 0 bridgehead atoms. The molecule has 0 aliphatic carbocycles. The van der Waals surface area contributed by atoms with Gasteiger partial charge in [-0.1, -0.05) is 23.2 Å². The van der Waals surface area contributed by atoms with Crippen molar-refractivity contribution in [2.24, 2.45) is 0 Å². The lowest BCUT2D eigenvalue weighted by Gasteiger charge is -2.34. The van der Waals surface area contributed by atoms with Crippen LogP contribution >= 0.6 is 35.0 Å². The van der Waals surface area contributed by atoms with Gasteiger partial charge in [-0.3, -0.25) is 9.69 Å². The molecule has 2 rings (SSSR count). The third-order valence-electron chi connectivity index (χ3n) is 3.43. The van der Waals surface area contributed by atoms with Gasteiger partial charge in [-0.2, -0.15) is 0 Å². The van der Waals surface area contributed by atoms with Crippen molar-refractivity contribution in [2.45, 2.75) is 10.9 Å². The fraction of sp³-hybridized carbons (Fsp3) is 0.500. The Morgan fingerprint density at radius 2 is 2.33 bits per heavy atom. The summed E-state index contributed by atoms with van der Waals surface area (Å²) in [5, 5.41) is 7.38. The molecule has 1 saturated heterocycles. The zero-order chi connectivity index (χ0) is 15.2. The molecule has 0 radical (unpaired) electrons. The molecule has 1 heterocycles. The summed E-state index contributed by atoms with van der Waals surface area (Å²) in [5.74, 6) is 0.932. The Labute approximate surface area is 139 Å². The molecule has 4 nitrogen and oxygen atoms in total. The number of hydrogen-bond donors (Lipinski definition) is 2. The van der Waals surface area contributed by atoms with Crippen LogP contribution in [0, 0.1) is 0 Å². The van der Waals surface area contributed by atoms with Gasteiger partial charge in [-0.25, -0.2) is 0 Å². The van der Waals surface area contributed by atoms with E-state index in [1.807, 2.05) is 12.1 Å². The van der Waals surface area contributed by atoms with Crippen molar-refractivity contribution in [2.75, 3.05) is 39.0 Å². The number of amides is 1. The molecule has 0 aromatic heterocycles. The van der Waals surface area contributed by atoms with E-state index in [1.54, 1.807) is 24.9 Å². The lowest BCUT2D eigenvalue weighted by molar-refractivity contribution is -0.126. The number of benzene rings is 1. The van der Waals surface area contributed by atoms with Crippen molar-refractivity contribution in [3.63, 3.8) is 0 Å². The summed E-state index contributed by atoms with van der Waals surface area (Å²) in [5.41, 5.74) is 0. The number of likely N-dealkylation sites (N-methyl/N-ethyl adjacent to an activating group) is 1. The average Bonchev–Trinajstić information content (AvgIpc) is 2.50. The molecule has 116 valence electrons. The van der Waals surface area contributed by atoms with Gasteiger partial charge in [0.15, 0.2) is 0 Å². The highest BCUT2D eigenvalue weighted by molar-refractivity contribution is 7.99. The van der Waals surface area contributed by atoms with E-state index in [-0.39, 0.29) is 11.9 Å². The second-order valence-electron chi connectivity index (χ2n) is 4.79. The van der Waals surface area contributed by atoms with Gasteiger partial charge in [0.2, 0.25) is 5.91 Å². The Kier molecular flexibility index (Phi) is 6.64. The second kappa shape index (κ2) is 8.25. The fourth-order valence-corrected chi connectivity index (χ4v) is 3.78. The van der Waals surface area contributed by atoms with Gasteiger partial charge in [-0.15, -0.1) is 11.8 Å². The number of thioether (sulfide) groups is 1. The Balaban J connectivity index is 1.89. The molecule has 1 unspecified atom stereocenters. The van der Waals surface area contributed by atoms with E-state index >= 15 is 0 Å². The molecule has 0 saturated carbocycles. The Morgan fingerprint density at radius 3 is 3.10 bits per heavy atom. The smallest absolute Gasteiger partial charge is 0.238 e. The molecule has 1 fully saturated rings. The largest absolute Gasteiger partial charge is 0.358 e. The van der Waals surface area contributed by atoms with Crippen LogP contribution in [0.3, 0.4) is 0 Å². The first kappa shape index (κ1) is 16.9. The third kappa shape index (κ3) is 4.76. The van der Waals surface area contributed by atoms with Gasteiger partial charge in [0.05, 0.1) is 5.02 Å². The molecule has 1 aromatic rings. The van der Waals surface area contributed by atoms with Crippen LogP contribution in [0.5, 0.6) is 0 Å². The van der Waals surface area contributed by atoms with E-state index in [4.69, 9.17) is 23.2 Å². The van der Waals surface area contributed by atoms with Gasteiger partial charge in [-0.05, 0) is 18.2 Å². The topological polar surface area (TPSA) is 44.4 Å². The summed E-state index contributed by atoms with van der Waals surface area (Å²) in [7, 11) is 1.68. The van der Waals surface area contributed by atoms with Gasteiger partial charge < -0.3 is 10.6 Å². The molecule has 1 amide bonds. The normalized spacial score (nSPS) is 19.5. The van der Waals surface area contributed by atoms with E-state index < -0.39 is 0 Å². The summed E-state index contributed by atoms with van der Waals surface area (Å²) < 4.78 is 0. The summed E-state index contributed by atoms with van der Waals surface area (Å²) in [6, 6.07) is 5.37. The van der Waals surface area contributed by atoms with Gasteiger partial charge >= 0.3 is 0 Å². The number of rotatable bonds is 5. The van der Waals surface area contributed by atoms with E-state index in [2.05, 4.69) is 15.5 Å². The molecular formula is C14H19Cl2N3OS. The third-order valence-corrected chi connectivity index (χ3v) is 5.14. The highest BCUT2D eigenvalue weighted by atomic mass is 35.5. The Bertz CT molecular complexity index is 501. The maximum atomic E-state index is 11.9. The summed E-state index contributed by atoms with van der Waals surface area (Å²) in [4.78, 5) is 15.1. The molecule has 1 aliphatic rings. The van der Waals surface area contributed by atoms with Crippen molar-refractivity contribution in [3.8, 4) is 0 Å². The van der Waals surface area contributed by atoms with E-state index in [0.717, 1.165) is 30.3 Å². The van der Waals surface area contributed by atoms with Gasteiger partial charge in [0, 0.05) is 48.9 Å². The minimum absolute atomic E-state index is 0.0630. The predicted molar refractivity (Wildman–Crippen MR) is 89.5 cm³/mol. The molecule has 7 heteroatoms. The van der Waals surface area contributed by atoms with Crippen LogP contribution in [0.25, 0.3) is 0 Å². The molecule has 2 N–H and O–H groups in total. The van der Waals surface area contributed by atoms with E-state index in [0.29, 0.717) is 16.6 Å². The molecule has 0 spiro atoms. The minimum Gasteiger partial charge on any atom is -0.358 e. The number of carbonyl (C=O) groups is 1. The Hall–Kier alpha value is -0.460. The van der Waals surface area contributed by atoms with E-state index in [1.165, 1.54) is 0 Å².